The van der Waals surface area contributed by atoms with Crippen LogP contribution in [0.3, 0.4) is 0 Å². The summed E-state index contributed by atoms with van der Waals surface area (Å²) < 4.78 is 5.22. The van der Waals surface area contributed by atoms with Crippen molar-refractivity contribution >= 4 is 17.6 Å². The lowest BCUT2D eigenvalue weighted by molar-refractivity contribution is 0.0735. The Labute approximate surface area is 165 Å². The summed E-state index contributed by atoms with van der Waals surface area (Å²) in [6.45, 7) is 4.51. The smallest absolute Gasteiger partial charge is 0.319 e. The van der Waals surface area contributed by atoms with Gasteiger partial charge >= 0.3 is 6.03 Å². The fraction of sp³-hybridized carbons (Fsp3) is 0.364. The molecule has 0 aromatic heterocycles. The Morgan fingerprint density at radius 3 is 2.57 bits per heavy atom. The zero-order valence-electron chi connectivity index (χ0n) is 16.6. The number of anilines is 1. The zero-order chi connectivity index (χ0) is 20.1. The second-order valence-electron chi connectivity index (χ2n) is 7.26. The van der Waals surface area contributed by atoms with Crippen LogP contribution in [0.15, 0.2) is 48.5 Å². The van der Waals surface area contributed by atoms with Crippen LogP contribution in [0.2, 0.25) is 0 Å². The summed E-state index contributed by atoms with van der Waals surface area (Å²) >= 11 is 0. The molecule has 1 aliphatic rings. The first-order valence-corrected chi connectivity index (χ1v) is 9.60. The van der Waals surface area contributed by atoms with Gasteiger partial charge in [-0.25, -0.2) is 4.79 Å². The molecular weight excluding hydrogens is 354 g/mol. The summed E-state index contributed by atoms with van der Waals surface area (Å²) in [5.41, 5.74) is 2.28. The number of urea groups is 1. The number of ether oxygens (including phenoxy) is 1. The van der Waals surface area contributed by atoms with Gasteiger partial charge in [-0.1, -0.05) is 18.2 Å². The highest BCUT2D eigenvalue weighted by Crippen LogP contribution is 2.34. The number of rotatable bonds is 5. The molecule has 1 fully saturated rings. The largest absolute Gasteiger partial charge is 0.497 e. The van der Waals surface area contributed by atoms with Crippen molar-refractivity contribution in [1.29, 1.82) is 0 Å². The van der Waals surface area contributed by atoms with Crippen molar-refractivity contribution < 1.29 is 14.3 Å². The maximum Gasteiger partial charge on any atom is 0.319 e. The van der Waals surface area contributed by atoms with Crippen LogP contribution in [-0.2, 0) is 0 Å². The normalized spacial score (nSPS) is 16.1. The first-order chi connectivity index (χ1) is 13.5. The van der Waals surface area contributed by atoms with Gasteiger partial charge in [0.15, 0.2) is 0 Å². The Morgan fingerprint density at radius 1 is 1.14 bits per heavy atom. The Bertz CT molecular complexity index is 833. The standard InChI is InChI=1S/C22H27N3O3/c1-15(2)23-22(27)24-18-7-4-6-17(14-18)21(26)25-13-5-8-20(25)16-9-11-19(28-3)12-10-16/h4,6-7,9-12,14-15,20H,5,8,13H2,1-3H3,(H2,23,24,27). The number of hydrogen-bond acceptors (Lipinski definition) is 3. The number of nitrogens with zero attached hydrogens (tertiary/aromatic N) is 1. The monoisotopic (exact) mass is 381 g/mol. The van der Waals surface area contributed by atoms with Gasteiger partial charge in [-0.15, -0.1) is 0 Å². The maximum absolute atomic E-state index is 13.1. The minimum atomic E-state index is -0.281. The highest BCUT2D eigenvalue weighted by Gasteiger charge is 2.30. The molecule has 148 valence electrons. The Morgan fingerprint density at radius 2 is 1.89 bits per heavy atom. The molecule has 0 bridgehead atoms. The molecule has 2 N–H and O–H groups in total. The highest BCUT2D eigenvalue weighted by molar-refractivity contribution is 5.97. The molecule has 2 aromatic carbocycles. The van der Waals surface area contributed by atoms with Crippen LogP contribution >= 0.6 is 0 Å². The van der Waals surface area contributed by atoms with Crippen LogP contribution in [0, 0.1) is 0 Å². The first kappa shape index (κ1) is 19.7. The second-order valence-corrected chi connectivity index (χ2v) is 7.26. The van der Waals surface area contributed by atoms with E-state index in [1.807, 2.05) is 43.0 Å². The third-order valence-electron chi connectivity index (χ3n) is 4.80. The predicted molar refractivity (Wildman–Crippen MR) is 110 cm³/mol. The van der Waals surface area contributed by atoms with E-state index in [4.69, 9.17) is 4.74 Å². The number of benzene rings is 2. The minimum Gasteiger partial charge on any atom is -0.497 e. The Balaban J connectivity index is 1.75. The average molecular weight is 381 g/mol. The molecule has 1 saturated heterocycles. The Kier molecular flexibility index (Phi) is 6.19. The fourth-order valence-electron chi connectivity index (χ4n) is 3.51. The summed E-state index contributed by atoms with van der Waals surface area (Å²) in [5.74, 6) is 0.782. The van der Waals surface area contributed by atoms with Crippen LogP contribution in [-0.4, -0.2) is 36.5 Å². The van der Waals surface area contributed by atoms with Gasteiger partial charge in [0, 0.05) is 23.8 Å². The first-order valence-electron chi connectivity index (χ1n) is 9.60. The summed E-state index contributed by atoms with van der Waals surface area (Å²) in [6.07, 6.45) is 1.91. The lowest BCUT2D eigenvalue weighted by atomic mass is 10.0. The van der Waals surface area contributed by atoms with E-state index in [0.717, 1.165) is 30.7 Å². The summed E-state index contributed by atoms with van der Waals surface area (Å²) in [4.78, 5) is 27.0. The molecule has 2 aromatic rings. The van der Waals surface area contributed by atoms with E-state index in [2.05, 4.69) is 10.6 Å². The summed E-state index contributed by atoms with van der Waals surface area (Å²) in [5, 5.41) is 5.56. The van der Waals surface area contributed by atoms with Crippen LogP contribution in [0.4, 0.5) is 10.5 Å². The molecule has 1 aliphatic heterocycles. The van der Waals surface area contributed by atoms with Crippen molar-refractivity contribution in [2.24, 2.45) is 0 Å². The van der Waals surface area contributed by atoms with E-state index in [1.54, 1.807) is 31.4 Å². The van der Waals surface area contributed by atoms with Crippen molar-refractivity contribution in [2.75, 3.05) is 19.0 Å². The van der Waals surface area contributed by atoms with Gasteiger partial charge in [-0.3, -0.25) is 4.79 Å². The average Bonchev–Trinajstić information content (AvgIpc) is 3.16. The Hall–Kier alpha value is -3.02. The van der Waals surface area contributed by atoms with Gasteiger partial charge in [0.25, 0.3) is 5.91 Å². The van der Waals surface area contributed by atoms with Gasteiger partial charge in [0.05, 0.1) is 13.2 Å². The molecule has 3 rings (SSSR count). The van der Waals surface area contributed by atoms with Crippen LogP contribution in [0.25, 0.3) is 0 Å². The van der Waals surface area contributed by atoms with Crippen molar-refractivity contribution in [3.05, 3.63) is 59.7 Å². The maximum atomic E-state index is 13.1. The lowest BCUT2D eigenvalue weighted by Gasteiger charge is -2.25. The predicted octanol–water partition coefficient (Wildman–Crippen LogP) is 4.20. The van der Waals surface area contributed by atoms with Crippen LogP contribution < -0.4 is 15.4 Å². The second kappa shape index (κ2) is 8.78. The van der Waals surface area contributed by atoms with E-state index in [-0.39, 0.29) is 24.0 Å². The number of carbonyl (C=O) groups is 2. The molecule has 0 spiro atoms. The molecule has 0 saturated carbocycles. The molecule has 0 aliphatic carbocycles. The van der Waals surface area contributed by atoms with E-state index in [0.29, 0.717) is 11.3 Å². The summed E-state index contributed by atoms with van der Waals surface area (Å²) in [6, 6.07) is 14.8. The molecule has 3 amide bonds. The topological polar surface area (TPSA) is 70.7 Å². The number of methoxy groups -OCH3 is 1. The van der Waals surface area contributed by atoms with E-state index in [1.165, 1.54) is 0 Å². The van der Waals surface area contributed by atoms with Crippen LogP contribution in [0.1, 0.15) is 48.7 Å². The minimum absolute atomic E-state index is 0.0220. The highest BCUT2D eigenvalue weighted by atomic mass is 16.5. The number of nitrogens with one attached hydrogen (secondary N) is 2. The third kappa shape index (κ3) is 4.63. The molecule has 28 heavy (non-hydrogen) atoms. The van der Waals surface area contributed by atoms with Crippen molar-refractivity contribution in [3.8, 4) is 5.75 Å². The molecule has 1 unspecified atom stereocenters. The molecule has 1 atom stereocenters. The third-order valence-corrected chi connectivity index (χ3v) is 4.80. The SMILES string of the molecule is COc1ccc(C2CCCN2C(=O)c2cccc(NC(=O)NC(C)C)c2)cc1. The van der Waals surface area contributed by atoms with Gasteiger partial charge in [0.1, 0.15) is 5.75 Å². The van der Waals surface area contributed by atoms with Crippen molar-refractivity contribution in [3.63, 3.8) is 0 Å². The molecule has 6 heteroatoms. The lowest BCUT2D eigenvalue weighted by Crippen LogP contribution is -2.34. The molecule has 1 heterocycles. The molecule has 6 nitrogen and oxygen atoms in total. The van der Waals surface area contributed by atoms with Gasteiger partial charge in [-0.2, -0.15) is 0 Å². The van der Waals surface area contributed by atoms with Gasteiger partial charge < -0.3 is 20.3 Å². The van der Waals surface area contributed by atoms with Crippen molar-refractivity contribution in [1.82, 2.24) is 10.2 Å². The van der Waals surface area contributed by atoms with Gasteiger partial charge in [0.2, 0.25) is 0 Å². The summed E-state index contributed by atoms with van der Waals surface area (Å²) in [7, 11) is 1.64. The van der Waals surface area contributed by atoms with E-state index in [9.17, 15) is 9.59 Å². The van der Waals surface area contributed by atoms with E-state index < -0.39 is 0 Å². The number of amides is 3. The number of hydrogen-bond donors (Lipinski definition) is 2. The van der Waals surface area contributed by atoms with Gasteiger partial charge in [-0.05, 0) is 62.6 Å². The molecule has 0 radical (unpaired) electrons. The number of likely N-dealkylation sites (tertiary alicyclic amines) is 1. The zero-order valence-corrected chi connectivity index (χ0v) is 16.6. The van der Waals surface area contributed by atoms with Crippen LogP contribution in [0.5, 0.6) is 5.75 Å². The molecular formula is C22H27N3O3. The van der Waals surface area contributed by atoms with E-state index >= 15 is 0 Å². The number of carbonyl (C=O) groups excluding carboxylic acids is 2. The quantitative estimate of drug-likeness (QED) is 0.815. The fourth-order valence-corrected chi connectivity index (χ4v) is 3.51. The van der Waals surface area contributed by atoms with Crippen molar-refractivity contribution in [2.45, 2.75) is 38.8 Å².